The van der Waals surface area contributed by atoms with E-state index in [1.807, 2.05) is 0 Å². The lowest BCUT2D eigenvalue weighted by molar-refractivity contribution is -0.153. The summed E-state index contributed by atoms with van der Waals surface area (Å²) in [5, 5.41) is 0. The van der Waals surface area contributed by atoms with Crippen LogP contribution in [0.4, 0.5) is 4.39 Å². The van der Waals surface area contributed by atoms with Crippen molar-refractivity contribution in [2.75, 3.05) is 6.61 Å². The molecule has 13 heavy (non-hydrogen) atoms. The van der Waals surface area contributed by atoms with Crippen molar-refractivity contribution in [3.8, 4) is 0 Å². The van der Waals surface area contributed by atoms with Gasteiger partial charge in [-0.2, -0.15) is 0 Å². The van der Waals surface area contributed by atoms with Crippen molar-refractivity contribution in [3.63, 3.8) is 0 Å². The smallest absolute Gasteiger partial charge is 0.311 e. The minimum atomic E-state index is -1.27. The minimum Gasteiger partial charge on any atom is -0.465 e. The molecule has 0 fully saturated rings. The molecule has 2 nitrogen and oxygen atoms in total. The number of rotatable bonds is 3. The molecule has 0 bridgehead atoms. The molecule has 0 N–H and O–H groups in total. The summed E-state index contributed by atoms with van der Waals surface area (Å²) in [6.07, 6.45) is 0.245. The lowest BCUT2D eigenvalue weighted by Gasteiger charge is -2.18. The van der Waals surface area contributed by atoms with Gasteiger partial charge in [-0.05, 0) is 34.6 Å². The van der Waals surface area contributed by atoms with Gasteiger partial charge in [-0.15, -0.1) is 0 Å². The van der Waals surface area contributed by atoms with Crippen LogP contribution in [0.2, 0.25) is 0 Å². The van der Waals surface area contributed by atoms with Gasteiger partial charge in [-0.25, -0.2) is 4.39 Å². The third-order valence-corrected chi connectivity index (χ3v) is 1.54. The second-order valence-corrected chi connectivity index (χ2v) is 4.85. The summed E-state index contributed by atoms with van der Waals surface area (Å²) < 4.78 is 17.8. The van der Waals surface area contributed by atoms with E-state index in [0.29, 0.717) is 0 Å². The monoisotopic (exact) mass is 190 g/mol. The van der Waals surface area contributed by atoms with E-state index >= 15 is 0 Å². The Balaban J connectivity index is 3.74. The van der Waals surface area contributed by atoms with Gasteiger partial charge in [0.05, 0.1) is 12.0 Å². The predicted molar refractivity (Wildman–Crippen MR) is 50.2 cm³/mol. The van der Waals surface area contributed by atoms with Gasteiger partial charge in [0.2, 0.25) is 0 Å². The average Bonchev–Trinajstić information content (AvgIpc) is 1.82. The zero-order chi connectivity index (χ0) is 10.7. The van der Waals surface area contributed by atoms with Crippen LogP contribution in [0.1, 0.15) is 41.0 Å². The Morgan fingerprint density at radius 3 is 2.00 bits per heavy atom. The molecular formula is C10H19FO2. The van der Waals surface area contributed by atoms with Crippen LogP contribution in [-0.2, 0) is 9.53 Å². The van der Waals surface area contributed by atoms with Crippen LogP contribution in [0, 0.1) is 5.41 Å². The first-order valence-electron chi connectivity index (χ1n) is 4.49. The number of carbonyl (C=O) groups is 1. The van der Waals surface area contributed by atoms with Crippen LogP contribution >= 0.6 is 0 Å². The second-order valence-electron chi connectivity index (χ2n) is 4.85. The van der Waals surface area contributed by atoms with E-state index in [1.165, 1.54) is 13.8 Å². The van der Waals surface area contributed by atoms with Gasteiger partial charge in [0.25, 0.3) is 0 Å². The molecule has 0 spiro atoms. The van der Waals surface area contributed by atoms with Gasteiger partial charge in [-0.3, -0.25) is 4.79 Å². The van der Waals surface area contributed by atoms with Crippen LogP contribution in [0.15, 0.2) is 0 Å². The first-order valence-corrected chi connectivity index (χ1v) is 4.49. The summed E-state index contributed by atoms with van der Waals surface area (Å²) in [7, 11) is 0. The molecule has 0 aliphatic rings. The van der Waals surface area contributed by atoms with E-state index in [4.69, 9.17) is 4.74 Å². The maximum absolute atomic E-state index is 12.9. The van der Waals surface area contributed by atoms with E-state index < -0.39 is 11.1 Å². The van der Waals surface area contributed by atoms with Crippen molar-refractivity contribution in [2.24, 2.45) is 5.41 Å². The van der Waals surface area contributed by atoms with Gasteiger partial charge in [0, 0.05) is 6.42 Å². The highest BCUT2D eigenvalue weighted by atomic mass is 19.1. The van der Waals surface area contributed by atoms with E-state index in [9.17, 15) is 9.18 Å². The molecule has 0 unspecified atom stereocenters. The van der Waals surface area contributed by atoms with Crippen molar-refractivity contribution in [2.45, 2.75) is 46.7 Å². The van der Waals surface area contributed by atoms with E-state index in [2.05, 4.69) is 0 Å². The lowest BCUT2D eigenvalue weighted by atomic mass is 9.97. The highest BCUT2D eigenvalue weighted by Crippen LogP contribution is 2.17. The molecule has 0 saturated heterocycles. The first-order chi connectivity index (χ1) is 5.63. The summed E-state index contributed by atoms with van der Waals surface area (Å²) in [5.41, 5.74) is -1.77. The molecule has 3 heteroatoms. The molecule has 0 saturated carbocycles. The van der Waals surface area contributed by atoms with Crippen LogP contribution < -0.4 is 0 Å². The van der Waals surface area contributed by atoms with Gasteiger partial charge in [0.15, 0.2) is 0 Å². The summed E-state index contributed by atoms with van der Waals surface area (Å²) >= 11 is 0. The Morgan fingerprint density at radius 1 is 1.23 bits per heavy atom. The van der Waals surface area contributed by atoms with Crippen molar-refractivity contribution in [1.29, 1.82) is 0 Å². The van der Waals surface area contributed by atoms with Crippen molar-refractivity contribution in [1.82, 2.24) is 0 Å². The Hall–Kier alpha value is -0.600. The van der Waals surface area contributed by atoms with Crippen LogP contribution in [0.5, 0.6) is 0 Å². The molecule has 0 aromatic heterocycles. The third kappa shape index (κ3) is 6.55. The molecular weight excluding hydrogens is 171 g/mol. The molecule has 0 aliphatic carbocycles. The molecule has 0 rings (SSSR count). The maximum atomic E-state index is 12.9. The van der Waals surface area contributed by atoms with E-state index in [1.54, 1.807) is 20.8 Å². The fraction of sp³-hybridized carbons (Fsp3) is 0.900. The van der Waals surface area contributed by atoms with Crippen molar-refractivity contribution < 1.29 is 13.9 Å². The summed E-state index contributed by atoms with van der Waals surface area (Å²) in [5.74, 6) is -0.281. The molecule has 0 aliphatic heterocycles. The lowest BCUT2D eigenvalue weighted by Crippen LogP contribution is -2.25. The van der Waals surface area contributed by atoms with Crippen molar-refractivity contribution in [3.05, 3.63) is 0 Å². The minimum absolute atomic E-state index is 0.152. The second kappa shape index (κ2) is 4.07. The molecule has 0 aromatic rings. The summed E-state index contributed by atoms with van der Waals surface area (Å²) in [4.78, 5) is 11.2. The number of hydrogen-bond donors (Lipinski definition) is 0. The predicted octanol–water partition coefficient (Wildman–Crippen LogP) is 2.71. The average molecular weight is 190 g/mol. The highest BCUT2D eigenvalue weighted by molar-refractivity contribution is 5.75. The van der Waals surface area contributed by atoms with E-state index in [0.717, 1.165) is 0 Å². The normalized spacial score (nSPS) is 12.8. The number of ether oxygens (including phenoxy) is 1. The van der Waals surface area contributed by atoms with Crippen LogP contribution in [0.3, 0.4) is 0 Å². The zero-order valence-corrected chi connectivity index (χ0v) is 9.11. The SMILES string of the molecule is CC(C)(F)CCOC(=O)C(C)(C)C. The van der Waals surface area contributed by atoms with Crippen LogP contribution in [-0.4, -0.2) is 18.2 Å². The van der Waals surface area contributed by atoms with Gasteiger partial charge < -0.3 is 4.74 Å². The molecule has 0 radical (unpaired) electrons. The Kier molecular flexibility index (Phi) is 3.88. The number of halogens is 1. The van der Waals surface area contributed by atoms with E-state index in [-0.39, 0.29) is 19.0 Å². The summed E-state index contributed by atoms with van der Waals surface area (Å²) in [6.45, 7) is 8.41. The molecule has 78 valence electrons. The van der Waals surface area contributed by atoms with Gasteiger partial charge >= 0.3 is 5.97 Å². The fourth-order valence-electron chi connectivity index (χ4n) is 0.603. The van der Waals surface area contributed by atoms with Gasteiger partial charge in [0.1, 0.15) is 5.67 Å². The number of hydrogen-bond acceptors (Lipinski definition) is 2. The van der Waals surface area contributed by atoms with Crippen LogP contribution in [0.25, 0.3) is 0 Å². The molecule has 0 aromatic carbocycles. The topological polar surface area (TPSA) is 26.3 Å². The largest absolute Gasteiger partial charge is 0.465 e. The fourth-order valence-corrected chi connectivity index (χ4v) is 0.603. The van der Waals surface area contributed by atoms with Gasteiger partial charge in [-0.1, -0.05) is 0 Å². The first kappa shape index (κ1) is 12.4. The number of alkyl halides is 1. The maximum Gasteiger partial charge on any atom is 0.311 e. The Labute approximate surface area is 79.5 Å². The standard InChI is InChI=1S/C10H19FO2/c1-9(2,3)8(12)13-7-6-10(4,5)11/h6-7H2,1-5H3. The molecule has 0 atom stereocenters. The molecule has 0 heterocycles. The molecule has 0 amide bonds. The quantitative estimate of drug-likeness (QED) is 0.639. The Morgan fingerprint density at radius 2 is 1.69 bits per heavy atom. The Bertz CT molecular complexity index is 174. The third-order valence-electron chi connectivity index (χ3n) is 1.54. The summed E-state index contributed by atoms with van der Waals surface area (Å²) in [6, 6.07) is 0. The number of carbonyl (C=O) groups excluding carboxylic acids is 1. The zero-order valence-electron chi connectivity index (χ0n) is 9.11. The van der Waals surface area contributed by atoms with Crippen molar-refractivity contribution >= 4 is 5.97 Å². The number of esters is 1. The highest BCUT2D eigenvalue weighted by Gasteiger charge is 2.24.